The molecule has 21 heavy (non-hydrogen) atoms. The highest BCUT2D eigenvalue weighted by Gasteiger charge is 2.25. The monoisotopic (exact) mass is 305 g/mol. The Labute approximate surface area is 130 Å². The quantitative estimate of drug-likeness (QED) is 0.769. The molecule has 0 radical (unpaired) electrons. The van der Waals surface area contributed by atoms with E-state index in [1.165, 1.54) is 0 Å². The molecule has 112 valence electrons. The number of hydrogen-bond acceptors (Lipinski definition) is 3. The van der Waals surface area contributed by atoms with E-state index in [4.69, 9.17) is 11.6 Å². The summed E-state index contributed by atoms with van der Waals surface area (Å²) in [5, 5.41) is 23.8. The van der Waals surface area contributed by atoms with E-state index < -0.39 is 11.6 Å². The largest absolute Gasteiger partial charge is 0.394 e. The topological polar surface area (TPSA) is 52.5 Å². The molecule has 2 aromatic rings. The summed E-state index contributed by atoms with van der Waals surface area (Å²) < 4.78 is 0. The van der Waals surface area contributed by atoms with Crippen LogP contribution in [0, 0.1) is 0 Å². The molecule has 2 unspecified atom stereocenters. The van der Waals surface area contributed by atoms with Crippen LogP contribution in [-0.4, -0.2) is 23.4 Å². The Balaban J connectivity index is 2.04. The molecular weight excluding hydrogens is 286 g/mol. The fraction of sp³-hybridized carbons (Fsp3) is 0.294. The van der Waals surface area contributed by atoms with Crippen LogP contribution in [0.15, 0.2) is 54.6 Å². The summed E-state index contributed by atoms with van der Waals surface area (Å²) in [7, 11) is 0. The Kier molecular flexibility index (Phi) is 5.37. The van der Waals surface area contributed by atoms with Crippen molar-refractivity contribution in [3.63, 3.8) is 0 Å². The van der Waals surface area contributed by atoms with E-state index in [1.54, 1.807) is 24.3 Å². The molecule has 0 amide bonds. The smallest absolute Gasteiger partial charge is 0.0914 e. The normalized spacial score (nSPS) is 15.4. The minimum absolute atomic E-state index is 0.0512. The first-order valence-corrected chi connectivity index (χ1v) is 7.28. The zero-order valence-corrected chi connectivity index (χ0v) is 12.7. The van der Waals surface area contributed by atoms with Gasteiger partial charge in [-0.2, -0.15) is 0 Å². The van der Waals surface area contributed by atoms with Gasteiger partial charge in [-0.3, -0.25) is 0 Å². The first-order valence-electron chi connectivity index (χ1n) is 6.90. The predicted molar refractivity (Wildman–Crippen MR) is 85.3 cm³/mol. The van der Waals surface area contributed by atoms with E-state index in [-0.39, 0.29) is 6.61 Å². The molecule has 0 saturated carbocycles. The number of aliphatic hydroxyl groups is 2. The summed E-state index contributed by atoms with van der Waals surface area (Å²) in [6.45, 7) is 2.20. The maximum Gasteiger partial charge on any atom is 0.0914 e. The van der Waals surface area contributed by atoms with Crippen molar-refractivity contribution in [3.8, 4) is 0 Å². The van der Waals surface area contributed by atoms with E-state index in [0.29, 0.717) is 11.6 Å². The molecule has 3 nitrogen and oxygen atoms in total. The van der Waals surface area contributed by atoms with Crippen LogP contribution in [0.5, 0.6) is 0 Å². The second kappa shape index (κ2) is 7.05. The lowest BCUT2D eigenvalue weighted by Gasteiger charge is -2.30. The molecule has 2 aromatic carbocycles. The molecule has 0 heterocycles. The molecule has 0 fully saturated rings. The number of hydrogen-bond donors (Lipinski definition) is 3. The van der Waals surface area contributed by atoms with Crippen molar-refractivity contribution >= 4 is 11.6 Å². The number of halogens is 1. The van der Waals surface area contributed by atoms with Crippen LogP contribution in [-0.2, 0) is 5.54 Å². The van der Waals surface area contributed by atoms with Crippen LogP contribution in [0.1, 0.15) is 24.2 Å². The second-order valence-electron chi connectivity index (χ2n) is 5.30. The zero-order valence-electron chi connectivity index (χ0n) is 12.0. The minimum Gasteiger partial charge on any atom is -0.394 e. The summed E-state index contributed by atoms with van der Waals surface area (Å²) in [5.74, 6) is 0. The molecule has 0 aliphatic carbocycles. The number of rotatable bonds is 6. The molecular formula is C17H20ClNO2. The minimum atomic E-state index is -0.656. The van der Waals surface area contributed by atoms with E-state index >= 15 is 0 Å². The highest BCUT2D eigenvalue weighted by Crippen LogP contribution is 2.22. The number of nitrogens with one attached hydrogen (secondary N) is 1. The van der Waals surface area contributed by atoms with Crippen molar-refractivity contribution in [1.29, 1.82) is 0 Å². The number of benzene rings is 2. The summed E-state index contributed by atoms with van der Waals surface area (Å²) in [6, 6.07) is 16.8. The average Bonchev–Trinajstić information content (AvgIpc) is 2.54. The van der Waals surface area contributed by atoms with Crippen molar-refractivity contribution < 1.29 is 10.2 Å². The van der Waals surface area contributed by atoms with Gasteiger partial charge in [0.25, 0.3) is 0 Å². The Hall–Kier alpha value is -1.39. The standard InChI is InChI=1S/C17H20ClNO2/c1-17(12-20,14-5-3-2-4-6-14)19-11-16(21)13-7-9-15(18)10-8-13/h2-10,16,19-21H,11-12H2,1H3. The molecule has 0 bridgehead atoms. The van der Waals surface area contributed by atoms with E-state index in [1.807, 2.05) is 37.3 Å². The molecule has 0 saturated heterocycles. The van der Waals surface area contributed by atoms with E-state index in [9.17, 15) is 10.2 Å². The Bertz CT molecular complexity index is 559. The SMILES string of the molecule is CC(CO)(NCC(O)c1ccc(Cl)cc1)c1ccccc1. The Morgan fingerprint density at radius 3 is 2.29 bits per heavy atom. The first-order chi connectivity index (χ1) is 10.0. The van der Waals surface area contributed by atoms with Crippen LogP contribution in [0.4, 0.5) is 0 Å². The Morgan fingerprint density at radius 2 is 1.71 bits per heavy atom. The lowest BCUT2D eigenvalue weighted by atomic mass is 9.92. The molecule has 0 aromatic heterocycles. The third-order valence-electron chi connectivity index (χ3n) is 3.67. The average molecular weight is 306 g/mol. The predicted octanol–water partition coefficient (Wildman–Crippen LogP) is 2.87. The van der Waals surface area contributed by atoms with E-state index in [2.05, 4.69) is 5.32 Å². The van der Waals surface area contributed by atoms with Crippen molar-refractivity contribution in [2.24, 2.45) is 0 Å². The third-order valence-corrected chi connectivity index (χ3v) is 3.92. The molecule has 2 rings (SSSR count). The van der Waals surface area contributed by atoms with Gasteiger partial charge in [0.05, 0.1) is 18.2 Å². The third kappa shape index (κ3) is 4.05. The van der Waals surface area contributed by atoms with Gasteiger partial charge in [-0.05, 0) is 30.2 Å². The maximum absolute atomic E-state index is 10.2. The van der Waals surface area contributed by atoms with Gasteiger partial charge in [0.1, 0.15) is 0 Å². The van der Waals surface area contributed by atoms with Gasteiger partial charge in [0, 0.05) is 11.6 Å². The fourth-order valence-corrected chi connectivity index (χ4v) is 2.31. The van der Waals surface area contributed by atoms with Crippen molar-refractivity contribution in [1.82, 2.24) is 5.32 Å². The number of aliphatic hydroxyl groups excluding tert-OH is 2. The zero-order chi connectivity index (χ0) is 15.3. The Morgan fingerprint density at radius 1 is 1.10 bits per heavy atom. The molecule has 2 atom stereocenters. The summed E-state index contributed by atoms with van der Waals surface area (Å²) in [6.07, 6.45) is -0.656. The molecule has 0 spiro atoms. The summed E-state index contributed by atoms with van der Waals surface area (Å²) in [4.78, 5) is 0. The van der Waals surface area contributed by atoms with Crippen LogP contribution in [0.3, 0.4) is 0 Å². The fourth-order valence-electron chi connectivity index (χ4n) is 2.18. The van der Waals surface area contributed by atoms with Crippen molar-refractivity contribution in [2.45, 2.75) is 18.6 Å². The van der Waals surface area contributed by atoms with Gasteiger partial charge >= 0.3 is 0 Å². The molecule has 0 aliphatic rings. The van der Waals surface area contributed by atoms with Gasteiger partial charge in [0.2, 0.25) is 0 Å². The van der Waals surface area contributed by atoms with Gasteiger partial charge in [-0.1, -0.05) is 54.1 Å². The van der Waals surface area contributed by atoms with Crippen LogP contribution < -0.4 is 5.32 Å². The maximum atomic E-state index is 10.2. The highest BCUT2D eigenvalue weighted by atomic mass is 35.5. The van der Waals surface area contributed by atoms with E-state index in [0.717, 1.165) is 11.1 Å². The lowest BCUT2D eigenvalue weighted by molar-refractivity contribution is 0.128. The van der Waals surface area contributed by atoms with Gasteiger partial charge in [0.15, 0.2) is 0 Å². The molecule has 3 N–H and O–H groups in total. The highest BCUT2D eigenvalue weighted by molar-refractivity contribution is 6.30. The van der Waals surface area contributed by atoms with Crippen LogP contribution in [0.25, 0.3) is 0 Å². The van der Waals surface area contributed by atoms with Crippen LogP contribution in [0.2, 0.25) is 5.02 Å². The first kappa shape index (κ1) is 16.0. The van der Waals surface area contributed by atoms with Crippen molar-refractivity contribution in [2.75, 3.05) is 13.2 Å². The second-order valence-corrected chi connectivity index (χ2v) is 5.74. The summed E-state index contributed by atoms with van der Waals surface area (Å²) >= 11 is 5.84. The van der Waals surface area contributed by atoms with Gasteiger partial charge < -0.3 is 15.5 Å². The molecule has 4 heteroatoms. The van der Waals surface area contributed by atoms with Crippen LogP contribution >= 0.6 is 11.6 Å². The molecule has 0 aliphatic heterocycles. The van der Waals surface area contributed by atoms with Crippen molar-refractivity contribution in [3.05, 3.63) is 70.7 Å². The van der Waals surface area contributed by atoms with Gasteiger partial charge in [-0.15, -0.1) is 0 Å². The summed E-state index contributed by atoms with van der Waals surface area (Å²) in [5.41, 5.74) is 1.19. The lowest BCUT2D eigenvalue weighted by Crippen LogP contribution is -2.44. The van der Waals surface area contributed by atoms with Gasteiger partial charge in [-0.25, -0.2) is 0 Å².